The molecule has 0 bridgehead atoms. The van der Waals surface area contributed by atoms with Crippen LogP contribution in [-0.4, -0.2) is 49.9 Å². The summed E-state index contributed by atoms with van der Waals surface area (Å²) in [6.07, 6.45) is 1.25. The molecule has 1 N–H and O–H groups in total. The van der Waals surface area contributed by atoms with Crippen LogP contribution in [0.4, 0.5) is 10.5 Å². The molecule has 2 saturated heterocycles. The van der Waals surface area contributed by atoms with Crippen molar-refractivity contribution in [2.45, 2.75) is 38.7 Å². The Kier molecular flexibility index (Phi) is 5.11. The highest BCUT2D eigenvalue weighted by Gasteiger charge is 2.32. The number of urea groups is 1. The number of nitrogens with one attached hydrogen (secondary N) is 1. The Morgan fingerprint density at radius 3 is 2.58 bits per heavy atom. The van der Waals surface area contributed by atoms with E-state index in [9.17, 15) is 4.79 Å². The Bertz CT molecular complexity index is 553. The zero-order valence-electron chi connectivity index (χ0n) is 14.9. The van der Waals surface area contributed by atoms with Crippen LogP contribution in [0.1, 0.15) is 32.8 Å². The number of rotatable bonds is 4. The normalized spacial score (nSPS) is 21.6. The number of anilines is 1. The van der Waals surface area contributed by atoms with Crippen LogP contribution in [0.15, 0.2) is 24.3 Å². The van der Waals surface area contributed by atoms with Crippen molar-refractivity contribution in [3.63, 3.8) is 0 Å². The molecule has 24 heavy (non-hydrogen) atoms. The Morgan fingerprint density at radius 1 is 1.29 bits per heavy atom. The molecule has 2 aliphatic heterocycles. The predicted octanol–water partition coefficient (Wildman–Crippen LogP) is 3.25. The minimum absolute atomic E-state index is 0.0532. The standard InChI is InChI=1S/C19H28N2O3/c1-19(2,3)15-4-6-16(7-5-15)20-18(22)21-10-17(11-21)24-13-14-8-9-23-12-14/h4-7,14,17H,8-13H2,1-3H3,(H,20,22). The fraction of sp³-hybridized carbons (Fsp3) is 0.632. The van der Waals surface area contributed by atoms with Gasteiger partial charge in [0.05, 0.1) is 32.4 Å². The van der Waals surface area contributed by atoms with Crippen molar-refractivity contribution in [2.75, 3.05) is 38.2 Å². The molecule has 1 aromatic carbocycles. The molecule has 0 saturated carbocycles. The number of carbonyl (C=O) groups is 1. The summed E-state index contributed by atoms with van der Waals surface area (Å²) >= 11 is 0. The number of hydrogen-bond donors (Lipinski definition) is 1. The van der Waals surface area contributed by atoms with Gasteiger partial charge in [0.15, 0.2) is 0 Å². The Morgan fingerprint density at radius 2 is 2.00 bits per heavy atom. The van der Waals surface area contributed by atoms with Gasteiger partial charge in [-0.1, -0.05) is 32.9 Å². The van der Waals surface area contributed by atoms with Crippen molar-refractivity contribution >= 4 is 11.7 Å². The number of benzene rings is 1. The third-order valence-electron chi connectivity index (χ3n) is 4.73. The molecular formula is C19H28N2O3. The SMILES string of the molecule is CC(C)(C)c1ccc(NC(=O)N2CC(OCC3CCOC3)C2)cc1. The van der Waals surface area contributed by atoms with Gasteiger partial charge in [0.25, 0.3) is 0 Å². The smallest absolute Gasteiger partial charge is 0.322 e. The van der Waals surface area contributed by atoms with Gasteiger partial charge in [-0.15, -0.1) is 0 Å². The second-order valence-corrected chi connectivity index (χ2v) is 7.85. The summed E-state index contributed by atoms with van der Waals surface area (Å²) in [7, 11) is 0. The predicted molar refractivity (Wildman–Crippen MR) is 94.4 cm³/mol. The van der Waals surface area contributed by atoms with Crippen molar-refractivity contribution < 1.29 is 14.3 Å². The lowest BCUT2D eigenvalue weighted by Gasteiger charge is -2.39. The molecule has 2 fully saturated rings. The van der Waals surface area contributed by atoms with E-state index < -0.39 is 0 Å². The summed E-state index contributed by atoms with van der Waals surface area (Å²) in [5, 5.41) is 2.95. The summed E-state index contributed by atoms with van der Waals surface area (Å²) < 4.78 is 11.2. The highest BCUT2D eigenvalue weighted by Crippen LogP contribution is 2.24. The first-order valence-corrected chi connectivity index (χ1v) is 8.77. The number of hydrogen-bond acceptors (Lipinski definition) is 3. The highest BCUT2D eigenvalue weighted by atomic mass is 16.5. The van der Waals surface area contributed by atoms with Gasteiger partial charge in [0.2, 0.25) is 0 Å². The average molecular weight is 332 g/mol. The van der Waals surface area contributed by atoms with Gasteiger partial charge in [-0.2, -0.15) is 0 Å². The van der Waals surface area contributed by atoms with E-state index in [1.807, 2.05) is 12.1 Å². The topological polar surface area (TPSA) is 50.8 Å². The number of likely N-dealkylation sites (tertiary alicyclic amines) is 1. The largest absolute Gasteiger partial charge is 0.381 e. The molecule has 2 heterocycles. The fourth-order valence-electron chi connectivity index (χ4n) is 2.95. The molecule has 0 spiro atoms. The van der Waals surface area contributed by atoms with E-state index in [-0.39, 0.29) is 17.6 Å². The number of nitrogens with zero attached hydrogens (tertiary/aromatic N) is 1. The van der Waals surface area contributed by atoms with Crippen LogP contribution in [0, 0.1) is 5.92 Å². The lowest BCUT2D eigenvalue weighted by molar-refractivity contribution is -0.0468. The van der Waals surface area contributed by atoms with Crippen LogP contribution in [-0.2, 0) is 14.9 Å². The van der Waals surface area contributed by atoms with E-state index in [1.54, 1.807) is 4.90 Å². The van der Waals surface area contributed by atoms with Gasteiger partial charge in [0.1, 0.15) is 0 Å². The van der Waals surface area contributed by atoms with E-state index in [4.69, 9.17) is 9.47 Å². The van der Waals surface area contributed by atoms with Gasteiger partial charge >= 0.3 is 6.03 Å². The summed E-state index contributed by atoms with van der Waals surface area (Å²) in [5.41, 5.74) is 2.21. The van der Waals surface area contributed by atoms with Crippen molar-refractivity contribution in [1.29, 1.82) is 0 Å². The maximum atomic E-state index is 12.2. The maximum Gasteiger partial charge on any atom is 0.322 e. The molecule has 2 aliphatic rings. The Hall–Kier alpha value is -1.59. The number of ether oxygens (including phenoxy) is 2. The van der Waals surface area contributed by atoms with Gasteiger partial charge in [0, 0.05) is 18.2 Å². The first-order chi connectivity index (χ1) is 11.4. The second-order valence-electron chi connectivity index (χ2n) is 7.85. The Labute approximate surface area is 144 Å². The fourth-order valence-corrected chi connectivity index (χ4v) is 2.95. The molecule has 0 radical (unpaired) electrons. The van der Waals surface area contributed by atoms with Gasteiger partial charge in [-0.3, -0.25) is 0 Å². The van der Waals surface area contributed by atoms with Crippen LogP contribution < -0.4 is 5.32 Å². The van der Waals surface area contributed by atoms with E-state index in [1.165, 1.54) is 5.56 Å². The zero-order chi connectivity index (χ0) is 17.2. The molecule has 0 aromatic heterocycles. The number of amides is 2. The van der Waals surface area contributed by atoms with Crippen LogP contribution in [0.2, 0.25) is 0 Å². The first-order valence-electron chi connectivity index (χ1n) is 8.77. The summed E-state index contributed by atoms with van der Waals surface area (Å²) in [6.45, 7) is 10.3. The van der Waals surface area contributed by atoms with Crippen molar-refractivity contribution in [3.8, 4) is 0 Å². The van der Waals surface area contributed by atoms with E-state index in [0.717, 1.165) is 31.9 Å². The van der Waals surface area contributed by atoms with Crippen molar-refractivity contribution in [1.82, 2.24) is 4.90 Å². The molecule has 1 aromatic rings. The maximum absolute atomic E-state index is 12.2. The van der Waals surface area contributed by atoms with Gasteiger partial charge in [-0.05, 0) is 29.5 Å². The Balaban J connectivity index is 1.40. The van der Waals surface area contributed by atoms with E-state index in [0.29, 0.717) is 19.0 Å². The van der Waals surface area contributed by atoms with Gasteiger partial charge < -0.3 is 19.7 Å². The molecule has 3 rings (SSSR count). The quantitative estimate of drug-likeness (QED) is 0.921. The molecule has 0 aliphatic carbocycles. The monoisotopic (exact) mass is 332 g/mol. The molecule has 132 valence electrons. The molecule has 1 unspecified atom stereocenters. The van der Waals surface area contributed by atoms with Crippen LogP contribution >= 0.6 is 0 Å². The minimum atomic E-state index is -0.0532. The molecule has 5 heteroatoms. The average Bonchev–Trinajstić information content (AvgIpc) is 2.98. The number of carbonyl (C=O) groups excluding carboxylic acids is 1. The van der Waals surface area contributed by atoms with E-state index >= 15 is 0 Å². The van der Waals surface area contributed by atoms with Crippen LogP contribution in [0.25, 0.3) is 0 Å². The van der Waals surface area contributed by atoms with Crippen molar-refractivity contribution in [3.05, 3.63) is 29.8 Å². The summed E-state index contributed by atoms with van der Waals surface area (Å²) in [5.74, 6) is 0.522. The summed E-state index contributed by atoms with van der Waals surface area (Å²) in [6, 6.07) is 8.02. The third-order valence-corrected chi connectivity index (χ3v) is 4.73. The lowest BCUT2D eigenvalue weighted by atomic mass is 9.87. The first kappa shape index (κ1) is 17.2. The minimum Gasteiger partial charge on any atom is -0.381 e. The van der Waals surface area contributed by atoms with Gasteiger partial charge in [-0.25, -0.2) is 4.79 Å². The van der Waals surface area contributed by atoms with Crippen LogP contribution in [0.3, 0.4) is 0 Å². The van der Waals surface area contributed by atoms with Crippen LogP contribution in [0.5, 0.6) is 0 Å². The lowest BCUT2D eigenvalue weighted by Crippen LogP contribution is -2.56. The molecular weight excluding hydrogens is 304 g/mol. The van der Waals surface area contributed by atoms with Crippen molar-refractivity contribution in [2.24, 2.45) is 5.92 Å². The van der Waals surface area contributed by atoms with E-state index in [2.05, 4.69) is 38.2 Å². The molecule has 1 atom stereocenters. The second kappa shape index (κ2) is 7.11. The highest BCUT2D eigenvalue weighted by molar-refractivity contribution is 5.89. The molecule has 2 amide bonds. The zero-order valence-corrected chi connectivity index (χ0v) is 14.9. The summed E-state index contributed by atoms with van der Waals surface area (Å²) in [4.78, 5) is 14.0. The molecule has 5 nitrogen and oxygen atoms in total. The third kappa shape index (κ3) is 4.28.